The summed E-state index contributed by atoms with van der Waals surface area (Å²) in [7, 11) is 0. The number of rotatable bonds is 7. The van der Waals surface area contributed by atoms with E-state index < -0.39 is 0 Å². The quantitative estimate of drug-likeness (QED) is 0.603. The summed E-state index contributed by atoms with van der Waals surface area (Å²) < 4.78 is 5.94. The summed E-state index contributed by atoms with van der Waals surface area (Å²) in [4.78, 5) is 21.6. The number of amidine groups is 1. The fourth-order valence-electron chi connectivity index (χ4n) is 4.30. The normalized spacial score (nSPS) is 21.7. The number of amides is 1. The molecule has 1 aliphatic heterocycles. The lowest BCUT2D eigenvalue weighted by atomic mass is 9.85. The Bertz CT molecular complexity index is 744. The number of nitrogens with zero attached hydrogens (tertiary/aromatic N) is 3. The second-order valence-electron chi connectivity index (χ2n) is 7.97. The van der Waals surface area contributed by atoms with Crippen molar-refractivity contribution in [3.8, 4) is 0 Å². The van der Waals surface area contributed by atoms with E-state index in [1.54, 1.807) is 4.90 Å². The molecule has 2 fully saturated rings. The first kappa shape index (κ1) is 21.4. The molecule has 3 rings (SSSR count). The molecule has 0 spiro atoms. The molecule has 0 aromatic heterocycles. The Labute approximate surface area is 175 Å². The van der Waals surface area contributed by atoms with Gasteiger partial charge in [0, 0.05) is 25.3 Å². The zero-order valence-corrected chi connectivity index (χ0v) is 18.4. The first-order chi connectivity index (χ1) is 14.1. The summed E-state index contributed by atoms with van der Waals surface area (Å²) in [5, 5.41) is 0. The molecular weight excluding hydrogens is 362 g/mol. The lowest BCUT2D eigenvalue weighted by Crippen LogP contribution is -2.31. The predicted molar refractivity (Wildman–Crippen MR) is 120 cm³/mol. The van der Waals surface area contributed by atoms with Gasteiger partial charge in [-0.05, 0) is 70.2 Å². The minimum absolute atomic E-state index is 0.102. The van der Waals surface area contributed by atoms with E-state index in [0.717, 1.165) is 18.7 Å². The van der Waals surface area contributed by atoms with E-state index >= 15 is 0 Å². The van der Waals surface area contributed by atoms with Crippen molar-refractivity contribution >= 4 is 23.7 Å². The zero-order chi connectivity index (χ0) is 20.8. The van der Waals surface area contributed by atoms with Crippen LogP contribution in [0.5, 0.6) is 0 Å². The monoisotopic (exact) mass is 397 g/mol. The molecule has 5 heteroatoms. The molecule has 5 nitrogen and oxygen atoms in total. The van der Waals surface area contributed by atoms with E-state index in [1.165, 1.54) is 37.8 Å². The molecule has 1 saturated heterocycles. The fraction of sp³-hybridized carbons (Fsp3) is 0.583. The Kier molecular flexibility index (Phi) is 7.34. The first-order valence-corrected chi connectivity index (χ1v) is 11.2. The average Bonchev–Trinajstić information content (AvgIpc) is 3.04. The lowest BCUT2D eigenvalue weighted by molar-refractivity contribution is -0.122. The van der Waals surface area contributed by atoms with Gasteiger partial charge in [0.05, 0.1) is 6.04 Å². The SMILES string of the molecule is CCN1C(=O)/C(=C\c2ccc(N(CC)CC)cc2)O/C1=N/C(C)C1CCCCC1. The number of anilines is 1. The van der Waals surface area contributed by atoms with Crippen molar-refractivity contribution < 1.29 is 9.53 Å². The van der Waals surface area contributed by atoms with Crippen LogP contribution in [0.4, 0.5) is 5.69 Å². The van der Waals surface area contributed by atoms with Crippen LogP contribution in [0.25, 0.3) is 6.08 Å². The third-order valence-corrected chi connectivity index (χ3v) is 6.17. The number of hydrogen-bond acceptors (Lipinski definition) is 4. The molecule has 158 valence electrons. The Morgan fingerprint density at radius 3 is 2.38 bits per heavy atom. The molecule has 1 atom stereocenters. The second kappa shape index (κ2) is 9.95. The predicted octanol–water partition coefficient (Wildman–Crippen LogP) is 5.08. The molecule has 1 heterocycles. The van der Waals surface area contributed by atoms with Gasteiger partial charge in [0.15, 0.2) is 5.76 Å². The van der Waals surface area contributed by atoms with Gasteiger partial charge in [0.25, 0.3) is 5.91 Å². The summed E-state index contributed by atoms with van der Waals surface area (Å²) in [5.41, 5.74) is 2.15. The molecule has 1 aliphatic carbocycles. The highest BCUT2D eigenvalue weighted by molar-refractivity contribution is 6.11. The third kappa shape index (κ3) is 5.01. The summed E-state index contributed by atoms with van der Waals surface area (Å²) in [6, 6.07) is 8.90. The van der Waals surface area contributed by atoms with Crippen LogP contribution in [0.1, 0.15) is 65.4 Å². The van der Waals surface area contributed by atoms with Gasteiger partial charge in [0.2, 0.25) is 0 Å². The molecule has 2 aliphatic rings. The maximum Gasteiger partial charge on any atom is 0.300 e. The summed E-state index contributed by atoms with van der Waals surface area (Å²) in [6.45, 7) is 10.9. The van der Waals surface area contributed by atoms with Gasteiger partial charge in [-0.15, -0.1) is 0 Å². The van der Waals surface area contributed by atoms with E-state index in [4.69, 9.17) is 9.73 Å². The second-order valence-corrected chi connectivity index (χ2v) is 7.97. The van der Waals surface area contributed by atoms with E-state index in [9.17, 15) is 4.79 Å². The number of ether oxygens (including phenoxy) is 1. The zero-order valence-electron chi connectivity index (χ0n) is 18.4. The summed E-state index contributed by atoms with van der Waals surface area (Å²) in [5.74, 6) is 0.848. The molecule has 1 saturated carbocycles. The van der Waals surface area contributed by atoms with Gasteiger partial charge in [-0.1, -0.05) is 31.4 Å². The van der Waals surface area contributed by atoms with Crippen LogP contribution >= 0.6 is 0 Å². The smallest absolute Gasteiger partial charge is 0.300 e. The average molecular weight is 398 g/mol. The Hall–Kier alpha value is -2.30. The topological polar surface area (TPSA) is 45.1 Å². The van der Waals surface area contributed by atoms with Crippen molar-refractivity contribution in [1.29, 1.82) is 0 Å². The van der Waals surface area contributed by atoms with Gasteiger partial charge in [0.1, 0.15) is 0 Å². The van der Waals surface area contributed by atoms with Crippen molar-refractivity contribution in [1.82, 2.24) is 4.90 Å². The summed E-state index contributed by atoms with van der Waals surface area (Å²) in [6.07, 6.45) is 8.16. The standard InChI is InChI=1S/C24H35N3O2/c1-5-26(6-2)21-15-13-19(14-16-21)17-22-23(28)27(7-3)24(29-22)25-18(4)20-11-9-8-10-12-20/h13-18,20H,5-12H2,1-4H3/b22-17+,25-24+. The van der Waals surface area contributed by atoms with Crippen molar-refractivity contribution in [3.05, 3.63) is 35.6 Å². The number of hydrogen-bond donors (Lipinski definition) is 0. The van der Waals surface area contributed by atoms with Crippen LogP contribution in [-0.2, 0) is 9.53 Å². The van der Waals surface area contributed by atoms with Gasteiger partial charge < -0.3 is 9.64 Å². The van der Waals surface area contributed by atoms with E-state index in [0.29, 0.717) is 24.2 Å². The van der Waals surface area contributed by atoms with Crippen molar-refractivity contribution in [2.24, 2.45) is 10.9 Å². The van der Waals surface area contributed by atoms with Gasteiger partial charge >= 0.3 is 6.02 Å². The molecule has 0 N–H and O–H groups in total. The van der Waals surface area contributed by atoms with Crippen LogP contribution in [-0.4, -0.2) is 42.5 Å². The summed E-state index contributed by atoms with van der Waals surface area (Å²) >= 11 is 0. The molecule has 1 aromatic rings. The van der Waals surface area contributed by atoms with Crippen molar-refractivity contribution in [2.45, 2.75) is 65.8 Å². The Morgan fingerprint density at radius 1 is 1.14 bits per heavy atom. The molecule has 1 unspecified atom stereocenters. The van der Waals surface area contributed by atoms with Crippen molar-refractivity contribution in [2.75, 3.05) is 24.5 Å². The highest BCUT2D eigenvalue weighted by Gasteiger charge is 2.34. The number of carbonyl (C=O) groups excluding carboxylic acids is 1. The number of benzene rings is 1. The minimum atomic E-state index is -0.102. The molecule has 0 bridgehead atoms. The minimum Gasteiger partial charge on any atom is -0.420 e. The molecule has 1 aromatic carbocycles. The van der Waals surface area contributed by atoms with Crippen LogP contribution in [0.3, 0.4) is 0 Å². The maximum absolute atomic E-state index is 12.8. The van der Waals surface area contributed by atoms with Crippen LogP contribution in [0, 0.1) is 5.92 Å². The molecular formula is C24H35N3O2. The van der Waals surface area contributed by atoms with E-state index in [2.05, 4.69) is 37.8 Å². The van der Waals surface area contributed by atoms with Gasteiger partial charge in [-0.3, -0.25) is 9.69 Å². The number of carbonyl (C=O) groups is 1. The maximum atomic E-state index is 12.8. The third-order valence-electron chi connectivity index (χ3n) is 6.17. The first-order valence-electron chi connectivity index (χ1n) is 11.2. The highest BCUT2D eigenvalue weighted by atomic mass is 16.5. The Morgan fingerprint density at radius 2 is 1.79 bits per heavy atom. The largest absolute Gasteiger partial charge is 0.420 e. The number of likely N-dealkylation sites (N-methyl/N-ethyl adjacent to an activating group) is 1. The number of aliphatic imine (C=N–C) groups is 1. The van der Waals surface area contributed by atoms with Gasteiger partial charge in [-0.25, -0.2) is 4.99 Å². The molecule has 0 radical (unpaired) electrons. The van der Waals surface area contributed by atoms with Gasteiger partial charge in [-0.2, -0.15) is 0 Å². The van der Waals surface area contributed by atoms with E-state index in [-0.39, 0.29) is 11.9 Å². The van der Waals surface area contributed by atoms with Crippen molar-refractivity contribution in [3.63, 3.8) is 0 Å². The fourth-order valence-corrected chi connectivity index (χ4v) is 4.30. The van der Waals surface area contributed by atoms with E-state index in [1.807, 2.05) is 25.1 Å². The van der Waals surface area contributed by atoms with Crippen LogP contribution < -0.4 is 4.90 Å². The molecule has 1 amide bonds. The lowest BCUT2D eigenvalue weighted by Gasteiger charge is -2.25. The van der Waals surface area contributed by atoms with Crippen LogP contribution in [0.2, 0.25) is 0 Å². The highest BCUT2D eigenvalue weighted by Crippen LogP contribution is 2.29. The molecule has 29 heavy (non-hydrogen) atoms. The Balaban J connectivity index is 1.76. The van der Waals surface area contributed by atoms with Crippen LogP contribution in [0.15, 0.2) is 35.0 Å².